The van der Waals surface area contributed by atoms with Crippen molar-refractivity contribution in [1.82, 2.24) is 0 Å². The number of hydrogen-bond donors (Lipinski definition) is 3. The molecule has 4 bridgehead atoms. The van der Waals surface area contributed by atoms with Gasteiger partial charge in [-0.05, 0) is 42.7 Å². The van der Waals surface area contributed by atoms with Crippen LogP contribution in [0.3, 0.4) is 0 Å². The lowest BCUT2D eigenvalue weighted by Crippen LogP contribution is -2.62. The van der Waals surface area contributed by atoms with Gasteiger partial charge < -0.3 is 48.5 Å². The first-order chi connectivity index (χ1) is 24.5. The lowest BCUT2D eigenvalue weighted by atomic mass is 9.74. The van der Waals surface area contributed by atoms with Crippen LogP contribution in [0.1, 0.15) is 119 Å². The summed E-state index contributed by atoms with van der Waals surface area (Å²) in [6.45, 7) is 16.3. The van der Waals surface area contributed by atoms with Crippen molar-refractivity contribution in [2.45, 2.75) is 167 Å². The molecule has 0 saturated carbocycles. The number of methoxy groups -OCH3 is 1. The third-order valence-corrected chi connectivity index (χ3v) is 10.1. The molecular weight excluding hydrogens is 672 g/mol. The Balaban J connectivity index is 2.03. The summed E-state index contributed by atoms with van der Waals surface area (Å²) in [5.74, 6) is -3.13. The molecule has 2 saturated heterocycles. The van der Waals surface area contributed by atoms with E-state index in [-0.39, 0.29) is 49.1 Å². The highest BCUT2D eigenvalue weighted by molar-refractivity contribution is 5.83. The van der Waals surface area contributed by atoms with Crippen LogP contribution in [-0.4, -0.2) is 103 Å². The van der Waals surface area contributed by atoms with E-state index in [1.165, 1.54) is 13.2 Å². The van der Waals surface area contributed by atoms with Gasteiger partial charge in [0.05, 0.1) is 50.5 Å². The maximum absolute atomic E-state index is 13.3. The van der Waals surface area contributed by atoms with E-state index in [1.54, 1.807) is 26.0 Å². The third-order valence-electron chi connectivity index (χ3n) is 10.1. The summed E-state index contributed by atoms with van der Waals surface area (Å²) in [5.41, 5.74) is -1.15. The molecule has 3 heterocycles. The van der Waals surface area contributed by atoms with Crippen molar-refractivity contribution in [1.29, 1.82) is 0 Å². The Bertz CT molecular complexity index is 1210. The molecule has 0 radical (unpaired) electrons. The second-order valence-corrected chi connectivity index (χ2v) is 16.1. The van der Waals surface area contributed by atoms with Gasteiger partial charge in [0, 0.05) is 43.8 Å². The topological polar surface area (TPSA) is 159 Å². The zero-order valence-electron chi connectivity index (χ0n) is 32.6. The van der Waals surface area contributed by atoms with Gasteiger partial charge in [-0.15, -0.1) is 0 Å². The van der Waals surface area contributed by atoms with Gasteiger partial charge >= 0.3 is 11.9 Å². The van der Waals surface area contributed by atoms with E-state index >= 15 is 0 Å². The summed E-state index contributed by atoms with van der Waals surface area (Å²) >= 11 is 0. The molecule has 0 aromatic rings. The molecule has 298 valence electrons. The van der Waals surface area contributed by atoms with Crippen LogP contribution >= 0.6 is 0 Å². The number of carbonyl (C=O) groups is 2. The van der Waals surface area contributed by atoms with Gasteiger partial charge in [0.2, 0.25) is 5.79 Å². The summed E-state index contributed by atoms with van der Waals surface area (Å²) in [6.07, 6.45) is 6.52. The minimum absolute atomic E-state index is 0.0728. The number of hydrogen-bond acceptors (Lipinski definition) is 12. The number of fused-ring (bicyclic) bond motifs is 4. The smallest absolute Gasteiger partial charge is 0.330 e. The van der Waals surface area contributed by atoms with E-state index < -0.39 is 60.5 Å². The molecule has 3 aliphatic rings. The van der Waals surface area contributed by atoms with Gasteiger partial charge in [-0.3, -0.25) is 4.79 Å². The van der Waals surface area contributed by atoms with Gasteiger partial charge in [-0.1, -0.05) is 79.9 Å². The maximum Gasteiger partial charge on any atom is 0.330 e. The summed E-state index contributed by atoms with van der Waals surface area (Å²) in [7, 11) is 1.24. The monoisotopic (exact) mass is 738 g/mol. The molecule has 52 heavy (non-hydrogen) atoms. The van der Waals surface area contributed by atoms with Gasteiger partial charge in [-0.25, -0.2) is 4.79 Å². The molecule has 8 atom stereocenters. The second-order valence-electron chi connectivity index (χ2n) is 16.1. The van der Waals surface area contributed by atoms with Crippen molar-refractivity contribution in [2.75, 3.05) is 26.9 Å². The average Bonchev–Trinajstić information content (AvgIpc) is 3.07. The number of aliphatic hydroxyl groups excluding tert-OH is 2. The summed E-state index contributed by atoms with van der Waals surface area (Å²) in [6, 6.07) is 0. The van der Waals surface area contributed by atoms with Crippen molar-refractivity contribution in [3.8, 4) is 0 Å². The zero-order chi connectivity index (χ0) is 38.5. The molecule has 0 amide bonds. The predicted octanol–water partition coefficient (Wildman–Crippen LogP) is 5.81. The Hall–Kier alpha value is -2.32. The number of aliphatic hydroxyl groups is 3. The predicted molar refractivity (Wildman–Crippen MR) is 195 cm³/mol. The lowest BCUT2D eigenvalue weighted by molar-refractivity contribution is -0.327. The van der Waals surface area contributed by atoms with Gasteiger partial charge in [0.1, 0.15) is 6.10 Å². The molecule has 3 aliphatic heterocycles. The normalized spacial score (nSPS) is 33.8. The fraction of sp³-hybridized carbons (Fsp3) is 0.800. The molecule has 2 fully saturated rings. The van der Waals surface area contributed by atoms with Gasteiger partial charge in [-0.2, -0.15) is 0 Å². The van der Waals surface area contributed by atoms with Crippen LogP contribution in [0, 0.1) is 10.8 Å². The van der Waals surface area contributed by atoms with Gasteiger partial charge in [0.25, 0.3) is 0 Å². The van der Waals surface area contributed by atoms with Crippen molar-refractivity contribution >= 4 is 11.9 Å². The lowest BCUT2D eigenvalue weighted by Gasteiger charge is -2.51. The van der Waals surface area contributed by atoms with Crippen LogP contribution in [0.25, 0.3) is 0 Å². The molecule has 3 N–H and O–H groups in total. The van der Waals surface area contributed by atoms with Crippen molar-refractivity contribution < 1.29 is 58.1 Å². The highest BCUT2D eigenvalue weighted by Gasteiger charge is 2.57. The number of carbonyl (C=O) groups excluding carboxylic acids is 2. The zero-order valence-corrected chi connectivity index (χ0v) is 32.6. The van der Waals surface area contributed by atoms with Crippen LogP contribution in [0.4, 0.5) is 0 Å². The third kappa shape index (κ3) is 13.2. The molecule has 12 heteroatoms. The number of rotatable bonds is 9. The number of unbranched alkanes of at least 4 members (excludes halogenated alkanes) is 4. The second kappa shape index (κ2) is 20.4. The Labute approximate surface area is 310 Å². The van der Waals surface area contributed by atoms with Crippen LogP contribution in [0.15, 0.2) is 36.1 Å². The molecule has 0 aliphatic carbocycles. The first kappa shape index (κ1) is 44.1. The van der Waals surface area contributed by atoms with E-state index in [0.29, 0.717) is 44.5 Å². The van der Waals surface area contributed by atoms with Crippen molar-refractivity contribution in [3.63, 3.8) is 0 Å². The fourth-order valence-corrected chi connectivity index (χ4v) is 6.85. The standard InChI is InChI=1S/C40H66O12/c1-9-10-11-12-13-14-34(43)51-37-28(23-35(44)46-8)22-31-24-32(26-41)49-27(2)21-29(42)16-19-47-33(38(3,4)5)25-30-17-20-48-36(50-30)15-18-39(6,7)40(37,45)52-31/h15,18,23,29-33,36-37,41-42,45H,2,9-14,16-17,19-22,24-26H2,1,3-8H3/b18-15+,28-23+/t29-,30+,31+,32-,33+,36+,37+,40-/m1/s1. The number of ether oxygens (including phenoxy) is 7. The molecule has 0 spiro atoms. The minimum atomic E-state index is -2.20. The first-order valence-electron chi connectivity index (χ1n) is 19.1. The van der Waals surface area contributed by atoms with Crippen LogP contribution < -0.4 is 0 Å². The van der Waals surface area contributed by atoms with E-state index in [0.717, 1.165) is 25.7 Å². The average molecular weight is 739 g/mol. The van der Waals surface area contributed by atoms with Crippen LogP contribution in [-0.2, 0) is 42.7 Å². The SMILES string of the molecule is C=C1C[C@H](O)CCO[C@H](C(C)(C)C)C[C@@H]2CCO[C@H](/C=C/C(C)(C)[C@]3(O)O[C@@H](C/C(=C\C(=O)OC)[C@@H]3OC(=O)CCCCCCC)C[C@H](CO)O1)O2. The molecule has 0 aromatic carbocycles. The quantitative estimate of drug-likeness (QED) is 0.113. The minimum Gasteiger partial charge on any atom is -0.493 e. The van der Waals surface area contributed by atoms with E-state index in [2.05, 4.69) is 34.3 Å². The van der Waals surface area contributed by atoms with Crippen molar-refractivity contribution in [3.05, 3.63) is 36.1 Å². The molecule has 12 nitrogen and oxygen atoms in total. The van der Waals surface area contributed by atoms with E-state index in [9.17, 15) is 24.9 Å². The molecule has 3 rings (SSSR count). The summed E-state index contributed by atoms with van der Waals surface area (Å²) in [4.78, 5) is 26.0. The summed E-state index contributed by atoms with van der Waals surface area (Å²) < 4.78 is 42.1. The van der Waals surface area contributed by atoms with E-state index in [4.69, 9.17) is 33.2 Å². The fourth-order valence-electron chi connectivity index (χ4n) is 6.85. The maximum atomic E-state index is 13.3. The van der Waals surface area contributed by atoms with Gasteiger partial charge in [0.15, 0.2) is 12.4 Å². The Morgan fingerprint density at radius 1 is 1.04 bits per heavy atom. The molecular formula is C40H66O12. The Kier molecular flexibility index (Phi) is 17.3. The van der Waals surface area contributed by atoms with Crippen LogP contribution in [0.2, 0.25) is 0 Å². The Morgan fingerprint density at radius 3 is 2.42 bits per heavy atom. The van der Waals surface area contributed by atoms with Crippen molar-refractivity contribution in [2.24, 2.45) is 10.8 Å². The summed E-state index contributed by atoms with van der Waals surface area (Å²) in [5, 5.41) is 33.8. The first-order valence-corrected chi connectivity index (χ1v) is 19.1. The van der Waals surface area contributed by atoms with E-state index in [1.807, 2.05) is 0 Å². The van der Waals surface area contributed by atoms with Crippen LogP contribution in [0.5, 0.6) is 0 Å². The highest BCUT2D eigenvalue weighted by Crippen LogP contribution is 2.47. The highest BCUT2D eigenvalue weighted by atomic mass is 16.7. The number of esters is 2. The Morgan fingerprint density at radius 2 is 1.75 bits per heavy atom. The molecule has 0 unspecified atom stereocenters. The molecule has 0 aromatic heterocycles. The largest absolute Gasteiger partial charge is 0.493 e.